The zero-order valence-corrected chi connectivity index (χ0v) is 17.8. The van der Waals surface area contributed by atoms with Gasteiger partial charge in [-0.3, -0.25) is 14.3 Å². The fourth-order valence-corrected chi connectivity index (χ4v) is 3.30. The molecule has 0 amide bonds. The highest BCUT2D eigenvalue weighted by molar-refractivity contribution is 9.10. The van der Waals surface area contributed by atoms with Gasteiger partial charge in [-0.2, -0.15) is 10.1 Å². The van der Waals surface area contributed by atoms with Crippen LogP contribution in [-0.4, -0.2) is 37.5 Å². The summed E-state index contributed by atoms with van der Waals surface area (Å²) in [5.41, 5.74) is 3.08. The number of aromatic amines is 1. The maximum Gasteiger partial charge on any atom is 0.329 e. The quantitative estimate of drug-likeness (QED) is 0.363. The Balaban J connectivity index is 2.00. The summed E-state index contributed by atoms with van der Waals surface area (Å²) in [4.78, 5) is 30.9. The zero-order valence-electron chi connectivity index (χ0n) is 16.2. The molecular formula is C18H21BrN6O4. The predicted octanol–water partition coefficient (Wildman–Crippen LogP) is 2.15. The molecule has 154 valence electrons. The zero-order chi connectivity index (χ0) is 21.1. The molecule has 3 N–H and O–H groups in total. The number of halogens is 1. The highest BCUT2D eigenvalue weighted by Crippen LogP contribution is 2.34. The Labute approximate surface area is 174 Å². The molecule has 0 bridgehead atoms. The first-order valence-corrected chi connectivity index (χ1v) is 9.71. The van der Waals surface area contributed by atoms with Gasteiger partial charge in [-0.1, -0.05) is 13.3 Å². The molecule has 0 saturated heterocycles. The molecule has 0 unspecified atom stereocenters. The molecule has 0 aliphatic rings. The van der Waals surface area contributed by atoms with Gasteiger partial charge in [-0.15, -0.1) is 0 Å². The van der Waals surface area contributed by atoms with Gasteiger partial charge in [0.05, 0.1) is 17.8 Å². The van der Waals surface area contributed by atoms with E-state index in [1.54, 1.807) is 23.7 Å². The summed E-state index contributed by atoms with van der Waals surface area (Å²) in [6.07, 6.45) is 3.28. The summed E-state index contributed by atoms with van der Waals surface area (Å²) in [5, 5.41) is 14.1. The molecule has 1 aromatic carbocycles. The number of unbranched alkanes of at least 4 members (excludes halogenated alkanes) is 1. The average molecular weight is 465 g/mol. The molecule has 2 heterocycles. The Hall–Kier alpha value is -3.08. The Morgan fingerprint density at radius 1 is 1.41 bits per heavy atom. The first-order chi connectivity index (χ1) is 13.9. The Morgan fingerprint density at radius 3 is 2.86 bits per heavy atom. The number of hydrazone groups is 1. The molecule has 11 heteroatoms. The number of nitrogens with one attached hydrogen (secondary N) is 2. The summed E-state index contributed by atoms with van der Waals surface area (Å²) >= 11 is 3.26. The van der Waals surface area contributed by atoms with E-state index in [9.17, 15) is 14.7 Å². The number of aromatic nitrogens is 4. The van der Waals surface area contributed by atoms with Crippen LogP contribution >= 0.6 is 15.9 Å². The number of nitrogens with zero attached hydrogens (tertiary/aromatic N) is 4. The van der Waals surface area contributed by atoms with Gasteiger partial charge in [0.1, 0.15) is 0 Å². The van der Waals surface area contributed by atoms with Gasteiger partial charge in [0.25, 0.3) is 5.56 Å². The van der Waals surface area contributed by atoms with Crippen LogP contribution in [0.3, 0.4) is 0 Å². The van der Waals surface area contributed by atoms with Gasteiger partial charge in [0.2, 0.25) is 5.95 Å². The largest absolute Gasteiger partial charge is 0.503 e. The Bertz CT molecular complexity index is 1190. The minimum Gasteiger partial charge on any atom is -0.503 e. The van der Waals surface area contributed by atoms with Crippen molar-refractivity contribution in [2.75, 3.05) is 12.5 Å². The van der Waals surface area contributed by atoms with Crippen molar-refractivity contribution in [1.82, 2.24) is 19.1 Å². The van der Waals surface area contributed by atoms with Gasteiger partial charge >= 0.3 is 5.69 Å². The van der Waals surface area contributed by atoms with Gasteiger partial charge in [0.15, 0.2) is 22.7 Å². The number of imidazole rings is 1. The number of benzene rings is 1. The molecule has 0 aliphatic heterocycles. The van der Waals surface area contributed by atoms with Crippen LogP contribution in [0.1, 0.15) is 25.3 Å². The topological polar surface area (TPSA) is 127 Å². The third-order valence-corrected chi connectivity index (χ3v) is 5.00. The first-order valence-electron chi connectivity index (χ1n) is 8.92. The molecule has 10 nitrogen and oxygen atoms in total. The monoisotopic (exact) mass is 464 g/mol. The first kappa shape index (κ1) is 20.6. The van der Waals surface area contributed by atoms with Gasteiger partial charge in [0, 0.05) is 13.6 Å². The molecule has 2 aromatic heterocycles. The number of aromatic hydroxyl groups is 1. The van der Waals surface area contributed by atoms with Crippen LogP contribution in [0, 0.1) is 0 Å². The Morgan fingerprint density at radius 2 is 2.17 bits per heavy atom. The van der Waals surface area contributed by atoms with Crippen molar-refractivity contribution in [3.05, 3.63) is 43.0 Å². The third kappa shape index (κ3) is 4.04. The van der Waals surface area contributed by atoms with E-state index < -0.39 is 11.2 Å². The fraction of sp³-hybridized carbons (Fsp3) is 0.333. The number of ether oxygens (including phenoxy) is 1. The maximum absolute atomic E-state index is 12.3. The van der Waals surface area contributed by atoms with Crippen LogP contribution in [0.25, 0.3) is 11.2 Å². The van der Waals surface area contributed by atoms with E-state index in [4.69, 9.17) is 4.74 Å². The minimum absolute atomic E-state index is 0.000824. The van der Waals surface area contributed by atoms with Crippen molar-refractivity contribution in [2.24, 2.45) is 12.1 Å². The highest BCUT2D eigenvalue weighted by Gasteiger charge is 2.16. The molecule has 3 aromatic rings. The van der Waals surface area contributed by atoms with E-state index in [0.717, 1.165) is 12.8 Å². The average Bonchev–Trinajstić information content (AvgIpc) is 3.06. The molecule has 0 aliphatic carbocycles. The van der Waals surface area contributed by atoms with Crippen LogP contribution in [0.2, 0.25) is 0 Å². The van der Waals surface area contributed by atoms with Crippen LogP contribution < -0.4 is 21.4 Å². The van der Waals surface area contributed by atoms with E-state index in [1.807, 2.05) is 6.92 Å². The molecule has 0 atom stereocenters. The second kappa shape index (κ2) is 8.52. The molecular weight excluding hydrogens is 444 g/mol. The van der Waals surface area contributed by atoms with E-state index in [1.165, 1.54) is 17.9 Å². The van der Waals surface area contributed by atoms with E-state index in [2.05, 4.69) is 36.4 Å². The predicted molar refractivity (Wildman–Crippen MR) is 114 cm³/mol. The van der Waals surface area contributed by atoms with Crippen molar-refractivity contribution in [2.45, 2.75) is 26.3 Å². The lowest BCUT2D eigenvalue weighted by molar-refractivity contribution is 0.372. The number of anilines is 1. The van der Waals surface area contributed by atoms with E-state index in [-0.39, 0.29) is 11.4 Å². The molecule has 0 saturated carbocycles. The lowest BCUT2D eigenvalue weighted by atomic mass is 10.2. The second-order valence-electron chi connectivity index (χ2n) is 6.35. The van der Waals surface area contributed by atoms with E-state index in [0.29, 0.717) is 33.8 Å². The van der Waals surface area contributed by atoms with Crippen molar-refractivity contribution < 1.29 is 9.84 Å². The van der Waals surface area contributed by atoms with Crippen LogP contribution in [0.5, 0.6) is 11.5 Å². The van der Waals surface area contributed by atoms with Crippen molar-refractivity contribution in [3.63, 3.8) is 0 Å². The van der Waals surface area contributed by atoms with Crippen LogP contribution in [0.4, 0.5) is 5.95 Å². The number of rotatable bonds is 7. The molecule has 0 radical (unpaired) electrons. The maximum atomic E-state index is 12.3. The highest BCUT2D eigenvalue weighted by atomic mass is 79.9. The molecule has 0 spiro atoms. The summed E-state index contributed by atoms with van der Waals surface area (Å²) in [6.45, 7) is 2.59. The third-order valence-electron chi connectivity index (χ3n) is 4.39. The Kier molecular flexibility index (Phi) is 6.06. The SMILES string of the molecule is CCCCn1c(NN=Cc2cc(Br)c(O)c(OC)c2)nc2c1c(=O)[nH]c(=O)n2C. The standard InChI is InChI=1S/C18H21BrN6O4/c1-4-5-6-25-13-15(24(2)18(28)22-16(13)27)21-17(25)23-20-9-10-7-11(19)14(26)12(8-10)29-3/h7-9,26H,4-6H2,1-3H3,(H,21,23)(H,22,27,28). The lowest BCUT2D eigenvalue weighted by Crippen LogP contribution is -2.29. The second-order valence-corrected chi connectivity index (χ2v) is 7.21. The minimum atomic E-state index is -0.529. The number of H-pyrrole nitrogens is 1. The van der Waals surface area contributed by atoms with Crippen LogP contribution in [0.15, 0.2) is 31.3 Å². The summed E-state index contributed by atoms with van der Waals surface area (Å²) in [7, 11) is 3.00. The normalized spacial score (nSPS) is 11.4. The molecule has 29 heavy (non-hydrogen) atoms. The van der Waals surface area contributed by atoms with Crippen molar-refractivity contribution in [1.29, 1.82) is 0 Å². The number of hydrogen-bond acceptors (Lipinski definition) is 7. The summed E-state index contributed by atoms with van der Waals surface area (Å²) in [5.74, 6) is 0.651. The number of fused-ring (bicyclic) bond motifs is 1. The van der Waals surface area contributed by atoms with Crippen molar-refractivity contribution >= 4 is 39.3 Å². The number of methoxy groups -OCH3 is 1. The molecule has 0 fully saturated rings. The number of phenols is 1. The number of phenolic OH excluding ortho intramolecular Hbond substituents is 1. The van der Waals surface area contributed by atoms with Gasteiger partial charge in [-0.05, 0) is 40.0 Å². The van der Waals surface area contributed by atoms with Gasteiger partial charge < -0.3 is 14.4 Å². The van der Waals surface area contributed by atoms with Crippen molar-refractivity contribution in [3.8, 4) is 11.5 Å². The molecule has 3 rings (SSSR count). The summed E-state index contributed by atoms with van der Waals surface area (Å²) < 4.78 is 8.59. The van der Waals surface area contributed by atoms with Gasteiger partial charge in [-0.25, -0.2) is 10.2 Å². The lowest BCUT2D eigenvalue weighted by Gasteiger charge is -2.08. The van der Waals surface area contributed by atoms with E-state index >= 15 is 0 Å². The smallest absolute Gasteiger partial charge is 0.329 e. The number of aryl methyl sites for hydroxylation is 2. The summed E-state index contributed by atoms with van der Waals surface area (Å²) in [6, 6.07) is 3.30. The fourth-order valence-electron chi connectivity index (χ4n) is 2.84. The van der Waals surface area contributed by atoms with Crippen LogP contribution in [-0.2, 0) is 13.6 Å². The number of hydrogen-bond donors (Lipinski definition) is 3.